The molecule has 0 unspecified atom stereocenters. The Morgan fingerprint density at radius 2 is 2.04 bits per heavy atom. The lowest BCUT2D eigenvalue weighted by Crippen LogP contribution is -2.12. The molecule has 4 aromatic rings. The number of hydrogen-bond acceptors (Lipinski definition) is 4. The first-order valence-electron chi connectivity index (χ1n) is 7.02. The summed E-state index contributed by atoms with van der Waals surface area (Å²) in [6, 6.07) is 14.8. The molecule has 0 saturated carbocycles. The van der Waals surface area contributed by atoms with Gasteiger partial charge in [0.15, 0.2) is 0 Å². The van der Waals surface area contributed by atoms with E-state index < -0.39 is 0 Å². The van der Waals surface area contributed by atoms with Crippen molar-refractivity contribution in [2.45, 2.75) is 0 Å². The maximum absolute atomic E-state index is 12.5. The summed E-state index contributed by atoms with van der Waals surface area (Å²) in [7, 11) is 0. The van der Waals surface area contributed by atoms with Crippen LogP contribution in [0, 0.1) is 0 Å². The fourth-order valence-electron chi connectivity index (χ4n) is 2.46. The van der Waals surface area contributed by atoms with Crippen LogP contribution in [0.4, 0.5) is 5.69 Å². The third kappa shape index (κ3) is 2.44. The molecular weight excluding hydrogens is 292 g/mol. The molecule has 7 heteroatoms. The third-order valence-corrected chi connectivity index (χ3v) is 3.57. The summed E-state index contributed by atoms with van der Waals surface area (Å²) in [5.41, 5.74) is 3.00. The molecule has 0 spiro atoms. The number of amides is 1. The van der Waals surface area contributed by atoms with E-state index in [0.717, 1.165) is 22.3 Å². The van der Waals surface area contributed by atoms with Crippen LogP contribution in [-0.4, -0.2) is 31.1 Å². The highest BCUT2D eigenvalue weighted by molar-refractivity contribution is 6.09. The zero-order chi connectivity index (χ0) is 15.6. The number of nitrogens with zero attached hydrogens (tertiary/aromatic N) is 4. The SMILES string of the molecule is O=C(Nc1cccc2[nH]ccc12)c1cccc(-n2cnnn2)c1. The summed E-state index contributed by atoms with van der Waals surface area (Å²) in [4.78, 5) is 15.6. The predicted octanol–water partition coefficient (Wildman–Crippen LogP) is 2.40. The van der Waals surface area contributed by atoms with Gasteiger partial charge in [-0.25, -0.2) is 4.68 Å². The van der Waals surface area contributed by atoms with Crippen molar-refractivity contribution in [2.75, 3.05) is 5.32 Å². The second-order valence-corrected chi connectivity index (χ2v) is 5.00. The quantitative estimate of drug-likeness (QED) is 0.608. The van der Waals surface area contributed by atoms with Gasteiger partial charge >= 0.3 is 0 Å². The zero-order valence-electron chi connectivity index (χ0n) is 12.0. The van der Waals surface area contributed by atoms with Gasteiger partial charge in [0.25, 0.3) is 5.91 Å². The Labute approximate surface area is 130 Å². The average Bonchev–Trinajstić information content (AvgIpc) is 3.27. The fourth-order valence-corrected chi connectivity index (χ4v) is 2.46. The van der Waals surface area contributed by atoms with Crippen LogP contribution < -0.4 is 5.32 Å². The number of rotatable bonds is 3. The van der Waals surface area contributed by atoms with E-state index >= 15 is 0 Å². The first-order chi connectivity index (χ1) is 11.3. The zero-order valence-corrected chi connectivity index (χ0v) is 12.0. The largest absolute Gasteiger partial charge is 0.361 e. The van der Waals surface area contributed by atoms with Gasteiger partial charge in [-0.2, -0.15) is 0 Å². The molecule has 0 saturated heterocycles. The van der Waals surface area contributed by atoms with Crippen molar-refractivity contribution in [3.63, 3.8) is 0 Å². The second-order valence-electron chi connectivity index (χ2n) is 5.00. The molecule has 0 fully saturated rings. The molecule has 0 bridgehead atoms. The van der Waals surface area contributed by atoms with Crippen molar-refractivity contribution in [1.82, 2.24) is 25.2 Å². The Morgan fingerprint density at radius 3 is 2.91 bits per heavy atom. The smallest absolute Gasteiger partial charge is 0.255 e. The fraction of sp³-hybridized carbons (Fsp3) is 0. The van der Waals surface area contributed by atoms with Crippen LogP contribution in [-0.2, 0) is 0 Å². The molecule has 4 rings (SSSR count). The van der Waals surface area contributed by atoms with Crippen molar-refractivity contribution in [1.29, 1.82) is 0 Å². The van der Waals surface area contributed by atoms with Gasteiger partial charge in [-0.05, 0) is 46.8 Å². The molecule has 7 nitrogen and oxygen atoms in total. The number of fused-ring (bicyclic) bond motifs is 1. The minimum absolute atomic E-state index is 0.186. The maximum Gasteiger partial charge on any atom is 0.255 e. The van der Waals surface area contributed by atoms with Crippen LogP contribution in [0.5, 0.6) is 0 Å². The molecule has 2 aromatic heterocycles. The lowest BCUT2D eigenvalue weighted by Gasteiger charge is -2.08. The van der Waals surface area contributed by atoms with Gasteiger partial charge in [-0.15, -0.1) is 5.10 Å². The molecule has 2 heterocycles. The van der Waals surface area contributed by atoms with Crippen molar-refractivity contribution in [2.24, 2.45) is 0 Å². The molecule has 0 aliphatic rings. The number of anilines is 1. The molecule has 0 radical (unpaired) electrons. The number of aromatic amines is 1. The van der Waals surface area contributed by atoms with Gasteiger partial charge in [-0.1, -0.05) is 12.1 Å². The summed E-state index contributed by atoms with van der Waals surface area (Å²) in [5.74, 6) is -0.186. The Morgan fingerprint density at radius 1 is 1.13 bits per heavy atom. The van der Waals surface area contributed by atoms with E-state index in [4.69, 9.17) is 0 Å². The molecule has 2 N–H and O–H groups in total. The Bertz CT molecular complexity index is 973. The minimum atomic E-state index is -0.186. The van der Waals surface area contributed by atoms with Crippen molar-refractivity contribution < 1.29 is 4.79 Å². The first-order valence-corrected chi connectivity index (χ1v) is 7.02. The topological polar surface area (TPSA) is 88.5 Å². The van der Waals surface area contributed by atoms with E-state index in [1.165, 1.54) is 11.0 Å². The molecule has 0 atom stereocenters. The molecular formula is C16H12N6O. The maximum atomic E-state index is 12.5. The first kappa shape index (κ1) is 13.2. The molecule has 23 heavy (non-hydrogen) atoms. The Balaban J connectivity index is 1.65. The Hall–Kier alpha value is -3.48. The van der Waals surface area contributed by atoms with E-state index in [0.29, 0.717) is 5.56 Å². The van der Waals surface area contributed by atoms with Gasteiger partial charge in [0.05, 0.1) is 11.4 Å². The third-order valence-electron chi connectivity index (χ3n) is 3.57. The molecule has 1 amide bonds. The minimum Gasteiger partial charge on any atom is -0.361 e. The average molecular weight is 304 g/mol. The molecule has 0 aliphatic carbocycles. The van der Waals surface area contributed by atoms with Gasteiger partial charge in [0.1, 0.15) is 6.33 Å². The lowest BCUT2D eigenvalue weighted by atomic mass is 10.1. The normalized spacial score (nSPS) is 10.8. The van der Waals surface area contributed by atoms with E-state index in [9.17, 15) is 4.79 Å². The lowest BCUT2D eigenvalue weighted by molar-refractivity contribution is 0.102. The van der Waals surface area contributed by atoms with E-state index in [2.05, 4.69) is 25.8 Å². The van der Waals surface area contributed by atoms with Gasteiger partial charge in [0.2, 0.25) is 0 Å². The van der Waals surface area contributed by atoms with Crippen LogP contribution in [0.15, 0.2) is 61.1 Å². The van der Waals surface area contributed by atoms with Crippen LogP contribution >= 0.6 is 0 Å². The van der Waals surface area contributed by atoms with Gasteiger partial charge in [0, 0.05) is 22.7 Å². The summed E-state index contributed by atoms with van der Waals surface area (Å²) in [6.45, 7) is 0. The highest BCUT2D eigenvalue weighted by Crippen LogP contribution is 2.23. The van der Waals surface area contributed by atoms with Crippen LogP contribution in [0.1, 0.15) is 10.4 Å². The number of carbonyl (C=O) groups excluding carboxylic acids is 1. The predicted molar refractivity (Wildman–Crippen MR) is 85.4 cm³/mol. The number of aromatic nitrogens is 5. The second kappa shape index (κ2) is 5.38. The van der Waals surface area contributed by atoms with E-state index in [1.807, 2.05) is 36.5 Å². The van der Waals surface area contributed by atoms with E-state index in [1.54, 1.807) is 18.2 Å². The summed E-state index contributed by atoms with van der Waals surface area (Å²) < 4.78 is 1.50. The van der Waals surface area contributed by atoms with Crippen LogP contribution in [0.3, 0.4) is 0 Å². The van der Waals surface area contributed by atoms with Crippen molar-refractivity contribution in [3.8, 4) is 5.69 Å². The van der Waals surface area contributed by atoms with Gasteiger partial charge < -0.3 is 10.3 Å². The number of benzene rings is 2. The van der Waals surface area contributed by atoms with Crippen molar-refractivity contribution in [3.05, 3.63) is 66.6 Å². The standard InChI is InChI=1S/C16H12N6O/c23-16(19-15-6-2-5-14-13(15)7-8-17-14)11-3-1-4-12(9-11)22-10-18-20-21-22/h1-10,17H,(H,19,23). The summed E-state index contributed by atoms with van der Waals surface area (Å²) in [6.07, 6.45) is 3.33. The molecule has 0 aliphatic heterocycles. The van der Waals surface area contributed by atoms with E-state index in [-0.39, 0.29) is 5.91 Å². The van der Waals surface area contributed by atoms with Crippen LogP contribution in [0.2, 0.25) is 0 Å². The van der Waals surface area contributed by atoms with Gasteiger partial charge in [-0.3, -0.25) is 4.79 Å². The highest BCUT2D eigenvalue weighted by Gasteiger charge is 2.10. The van der Waals surface area contributed by atoms with Crippen LogP contribution in [0.25, 0.3) is 16.6 Å². The number of H-pyrrole nitrogens is 1. The number of tetrazole rings is 1. The number of carbonyl (C=O) groups is 1. The Kier molecular flexibility index (Phi) is 3.09. The number of hydrogen-bond donors (Lipinski definition) is 2. The number of nitrogens with one attached hydrogen (secondary N) is 2. The molecule has 2 aromatic carbocycles. The summed E-state index contributed by atoms with van der Waals surface area (Å²) in [5, 5.41) is 14.9. The monoisotopic (exact) mass is 304 g/mol. The van der Waals surface area contributed by atoms with Crippen molar-refractivity contribution >= 4 is 22.5 Å². The summed E-state index contributed by atoms with van der Waals surface area (Å²) >= 11 is 0. The molecule has 112 valence electrons. The highest BCUT2D eigenvalue weighted by atomic mass is 16.1.